The van der Waals surface area contributed by atoms with Crippen LogP contribution in [0.15, 0.2) is 60.2 Å². The minimum Gasteiger partial charge on any atom is -0.493 e. The van der Waals surface area contributed by atoms with Crippen LogP contribution in [0.5, 0.6) is 11.5 Å². The van der Waals surface area contributed by atoms with Crippen molar-refractivity contribution < 1.29 is 33.7 Å². The van der Waals surface area contributed by atoms with Crippen LogP contribution in [0.1, 0.15) is 11.1 Å². The first-order valence-corrected chi connectivity index (χ1v) is 10.3. The lowest BCUT2D eigenvalue weighted by atomic mass is 9.91. The molecule has 9 nitrogen and oxygen atoms in total. The predicted molar refractivity (Wildman–Crippen MR) is 117 cm³/mol. The van der Waals surface area contributed by atoms with Crippen LogP contribution >= 0.6 is 0 Å². The number of hydrogen-bond acceptors (Lipinski definition) is 6. The first-order valence-electron chi connectivity index (χ1n) is 10.3. The van der Waals surface area contributed by atoms with E-state index in [4.69, 9.17) is 14.2 Å². The van der Waals surface area contributed by atoms with E-state index in [-0.39, 0.29) is 25.6 Å². The number of fused-ring (bicyclic) bond motifs is 1. The molecule has 0 unspecified atom stereocenters. The third kappa shape index (κ3) is 4.34. The van der Waals surface area contributed by atoms with Crippen LogP contribution in [0.3, 0.4) is 0 Å². The number of amides is 2. The van der Waals surface area contributed by atoms with Crippen LogP contribution in [-0.4, -0.2) is 65.7 Å². The molecule has 172 valence electrons. The van der Waals surface area contributed by atoms with Gasteiger partial charge in [0.25, 0.3) is 0 Å². The highest BCUT2D eigenvalue weighted by molar-refractivity contribution is 5.96. The van der Waals surface area contributed by atoms with Gasteiger partial charge in [-0.25, -0.2) is 9.59 Å². The lowest BCUT2D eigenvalue weighted by Crippen LogP contribution is -2.66. The molecule has 0 aromatic heterocycles. The third-order valence-electron chi connectivity index (χ3n) is 5.81. The summed E-state index contributed by atoms with van der Waals surface area (Å²) in [5.41, 5.74) is 2.16. The van der Waals surface area contributed by atoms with Gasteiger partial charge < -0.3 is 24.2 Å². The van der Waals surface area contributed by atoms with Crippen LogP contribution < -0.4 is 9.47 Å². The Bertz CT molecular complexity index is 1100. The van der Waals surface area contributed by atoms with E-state index in [1.54, 1.807) is 17.0 Å². The molecule has 2 atom stereocenters. The van der Waals surface area contributed by atoms with E-state index in [1.807, 2.05) is 36.4 Å². The Morgan fingerprint density at radius 2 is 1.76 bits per heavy atom. The average molecular weight is 452 g/mol. The van der Waals surface area contributed by atoms with Gasteiger partial charge in [0.2, 0.25) is 5.91 Å². The molecule has 0 aliphatic carbocycles. The van der Waals surface area contributed by atoms with Gasteiger partial charge in [-0.3, -0.25) is 9.69 Å². The van der Waals surface area contributed by atoms with Gasteiger partial charge >= 0.3 is 12.1 Å². The van der Waals surface area contributed by atoms with Crippen molar-refractivity contribution in [1.29, 1.82) is 0 Å². The maximum absolute atomic E-state index is 12.8. The monoisotopic (exact) mass is 452 g/mol. The van der Waals surface area contributed by atoms with E-state index in [1.165, 1.54) is 20.3 Å². The van der Waals surface area contributed by atoms with Gasteiger partial charge in [-0.2, -0.15) is 0 Å². The molecule has 0 saturated carbocycles. The second-order valence-corrected chi connectivity index (χ2v) is 7.77. The number of esters is 1. The van der Waals surface area contributed by atoms with Crippen molar-refractivity contribution in [3.8, 4) is 11.5 Å². The van der Waals surface area contributed by atoms with Crippen LogP contribution in [0.25, 0.3) is 0 Å². The van der Waals surface area contributed by atoms with Crippen molar-refractivity contribution in [2.75, 3.05) is 20.8 Å². The number of ether oxygens (including phenoxy) is 3. The number of likely N-dealkylation sites (tertiary alicyclic amines) is 2. The summed E-state index contributed by atoms with van der Waals surface area (Å²) in [4.78, 5) is 39.5. The number of carbonyl (C=O) groups excluding carboxylic acids is 2. The molecule has 0 bridgehead atoms. The van der Waals surface area contributed by atoms with Gasteiger partial charge in [0.1, 0.15) is 12.6 Å². The Morgan fingerprint density at radius 3 is 2.42 bits per heavy atom. The molecule has 2 aromatic carbocycles. The number of carbonyl (C=O) groups is 3. The summed E-state index contributed by atoms with van der Waals surface area (Å²) in [5, 5.41) is 9.54. The molecule has 0 radical (unpaired) electrons. The van der Waals surface area contributed by atoms with Crippen LogP contribution in [0, 0.1) is 0 Å². The summed E-state index contributed by atoms with van der Waals surface area (Å²) in [6, 6.07) is 13.2. The number of nitrogens with zero attached hydrogens (tertiary/aromatic N) is 2. The second-order valence-electron chi connectivity index (χ2n) is 7.77. The molecule has 1 N–H and O–H groups in total. The fourth-order valence-corrected chi connectivity index (χ4v) is 4.22. The fourth-order valence-electron chi connectivity index (χ4n) is 4.22. The first-order chi connectivity index (χ1) is 15.9. The normalized spacial score (nSPS) is 20.3. The quantitative estimate of drug-likeness (QED) is 0.391. The second kappa shape index (κ2) is 9.23. The van der Waals surface area contributed by atoms with E-state index >= 15 is 0 Å². The van der Waals surface area contributed by atoms with Gasteiger partial charge in [0.05, 0.1) is 20.3 Å². The third-order valence-corrected chi connectivity index (χ3v) is 5.81. The number of methoxy groups -OCH3 is 2. The van der Waals surface area contributed by atoms with Crippen molar-refractivity contribution >= 4 is 18.0 Å². The van der Waals surface area contributed by atoms with E-state index in [2.05, 4.69) is 0 Å². The summed E-state index contributed by atoms with van der Waals surface area (Å²) in [7, 11) is 3.06. The molecule has 2 aliphatic heterocycles. The Kier molecular flexibility index (Phi) is 6.21. The molecule has 33 heavy (non-hydrogen) atoms. The van der Waals surface area contributed by atoms with Crippen LogP contribution in [0.2, 0.25) is 0 Å². The lowest BCUT2D eigenvalue weighted by Gasteiger charge is -2.45. The first kappa shape index (κ1) is 22.2. The van der Waals surface area contributed by atoms with E-state index in [9.17, 15) is 19.5 Å². The Balaban J connectivity index is 1.52. The minimum atomic E-state index is -1.20. The highest BCUT2D eigenvalue weighted by Gasteiger charge is 2.58. The molecule has 2 aliphatic rings. The number of carboxylic acid groups (broad SMARTS) is 1. The van der Waals surface area contributed by atoms with Crippen LogP contribution in [-0.2, 0) is 27.5 Å². The molecule has 2 amide bonds. The molecule has 2 fully saturated rings. The topological polar surface area (TPSA) is 106 Å². The molecule has 2 saturated heterocycles. The van der Waals surface area contributed by atoms with Gasteiger partial charge in [0.15, 0.2) is 11.5 Å². The zero-order valence-corrected chi connectivity index (χ0v) is 18.3. The van der Waals surface area contributed by atoms with Gasteiger partial charge in [-0.15, -0.1) is 0 Å². The van der Waals surface area contributed by atoms with Crippen molar-refractivity contribution in [2.45, 2.75) is 25.2 Å². The maximum atomic E-state index is 12.8. The Morgan fingerprint density at radius 1 is 1.03 bits per heavy atom. The number of β-lactam (4-membered cyclic amide) rings is 1. The largest absolute Gasteiger partial charge is 0.493 e. The van der Waals surface area contributed by atoms with E-state index in [0.29, 0.717) is 17.1 Å². The van der Waals surface area contributed by atoms with Crippen molar-refractivity contribution in [2.24, 2.45) is 0 Å². The highest BCUT2D eigenvalue weighted by atomic mass is 16.5. The Labute approximate surface area is 190 Å². The molecule has 9 heteroatoms. The summed E-state index contributed by atoms with van der Waals surface area (Å²) < 4.78 is 15.9. The fraction of sp³-hybridized carbons (Fsp3) is 0.292. The predicted octanol–water partition coefficient (Wildman–Crippen LogP) is 2.45. The number of hydrogen-bond donors (Lipinski definition) is 1. The highest BCUT2D eigenvalue weighted by Crippen LogP contribution is 2.39. The standard InChI is InChI=1S/C24H24N2O7/c1-31-18-9-8-16(10-19(18)32-2)12-25-21-17(13-26(24(29)30)22(21)23(25)28)11-20(27)33-14-15-6-4-3-5-7-15/h3-11,21-22H,12-14H2,1-2H3,(H,29,30)/b17-11+/t21-,22+/m1/s1. The van der Waals surface area contributed by atoms with Crippen molar-refractivity contribution in [3.63, 3.8) is 0 Å². The lowest BCUT2D eigenvalue weighted by molar-refractivity contribution is -0.152. The number of rotatable bonds is 7. The van der Waals surface area contributed by atoms with E-state index in [0.717, 1.165) is 16.0 Å². The summed E-state index contributed by atoms with van der Waals surface area (Å²) in [6.07, 6.45) is 0.0996. The Hall–Kier alpha value is -4.01. The number of benzene rings is 2. The summed E-state index contributed by atoms with van der Waals surface area (Å²) in [5.74, 6) is 0.204. The SMILES string of the molecule is COc1ccc(CN2C(=O)[C@@H]3[C@H]2/C(=C/C(=O)OCc2ccccc2)CN3C(=O)O)cc1OC. The molecular formula is C24H24N2O7. The molecular weight excluding hydrogens is 428 g/mol. The molecule has 2 aromatic rings. The minimum absolute atomic E-state index is 0.0285. The van der Waals surface area contributed by atoms with E-state index < -0.39 is 24.1 Å². The summed E-state index contributed by atoms with van der Waals surface area (Å²) in [6.45, 7) is 0.317. The summed E-state index contributed by atoms with van der Waals surface area (Å²) >= 11 is 0. The molecule has 2 heterocycles. The van der Waals surface area contributed by atoms with Gasteiger partial charge in [-0.1, -0.05) is 36.4 Å². The molecule has 4 rings (SSSR count). The molecule has 0 spiro atoms. The van der Waals surface area contributed by atoms with Gasteiger partial charge in [0, 0.05) is 19.2 Å². The van der Waals surface area contributed by atoms with Crippen LogP contribution in [0.4, 0.5) is 4.79 Å². The average Bonchev–Trinajstić information content (AvgIpc) is 3.16. The zero-order chi connectivity index (χ0) is 23.5. The van der Waals surface area contributed by atoms with Gasteiger partial charge in [-0.05, 0) is 28.8 Å². The maximum Gasteiger partial charge on any atom is 0.408 e. The van der Waals surface area contributed by atoms with Crippen molar-refractivity contribution in [3.05, 3.63) is 71.3 Å². The van der Waals surface area contributed by atoms with Crippen molar-refractivity contribution in [1.82, 2.24) is 9.80 Å². The smallest absolute Gasteiger partial charge is 0.408 e. The zero-order valence-electron chi connectivity index (χ0n) is 18.3.